The fourth-order valence-corrected chi connectivity index (χ4v) is 2.39. The van der Waals surface area contributed by atoms with Gasteiger partial charge in [0.2, 0.25) is 0 Å². The minimum atomic E-state index is 0.278. The van der Waals surface area contributed by atoms with Gasteiger partial charge in [0.05, 0.1) is 18.5 Å². The van der Waals surface area contributed by atoms with Crippen molar-refractivity contribution in [2.24, 2.45) is 5.73 Å². The first-order valence-electron chi connectivity index (χ1n) is 6.03. The van der Waals surface area contributed by atoms with Crippen LogP contribution in [0.3, 0.4) is 0 Å². The molecule has 1 aromatic heterocycles. The highest BCUT2D eigenvalue weighted by Gasteiger charge is 2.26. The molecule has 0 spiro atoms. The van der Waals surface area contributed by atoms with Crippen LogP contribution in [0.4, 0.5) is 5.82 Å². The highest BCUT2D eigenvalue weighted by Crippen LogP contribution is 2.23. The van der Waals surface area contributed by atoms with Gasteiger partial charge in [-0.3, -0.25) is 0 Å². The average molecular weight is 266 g/mol. The fraction of sp³-hybridized carbons (Fsp3) is 0.583. The van der Waals surface area contributed by atoms with Crippen LogP contribution in [0, 0.1) is 0 Å². The van der Waals surface area contributed by atoms with E-state index in [9.17, 15) is 0 Å². The van der Waals surface area contributed by atoms with E-state index in [1.54, 1.807) is 19.5 Å². The number of aromatic nitrogens is 2. The molecule has 6 heteroatoms. The number of rotatable bonds is 3. The molecule has 2 N–H and O–H groups in total. The highest BCUT2D eigenvalue weighted by atomic mass is 32.1. The molecule has 98 valence electrons. The van der Waals surface area contributed by atoms with Crippen LogP contribution in [-0.4, -0.2) is 40.8 Å². The van der Waals surface area contributed by atoms with Crippen molar-refractivity contribution in [3.63, 3.8) is 0 Å². The number of methoxy groups -OCH3 is 1. The number of hydrogen-bond donors (Lipinski definition) is 1. The number of nitrogens with two attached hydrogens (primary N) is 1. The third-order valence-corrected chi connectivity index (χ3v) is 3.56. The summed E-state index contributed by atoms with van der Waals surface area (Å²) in [5, 5.41) is 0. The summed E-state index contributed by atoms with van der Waals surface area (Å²) < 4.78 is 5.40. The van der Waals surface area contributed by atoms with E-state index < -0.39 is 0 Å². The molecule has 0 bridgehead atoms. The Balaban J connectivity index is 2.10. The first-order valence-corrected chi connectivity index (χ1v) is 6.44. The van der Waals surface area contributed by atoms with Gasteiger partial charge in [-0.15, -0.1) is 0 Å². The topological polar surface area (TPSA) is 64.3 Å². The van der Waals surface area contributed by atoms with Crippen LogP contribution in [-0.2, 0) is 4.74 Å². The van der Waals surface area contributed by atoms with Crippen LogP contribution >= 0.6 is 12.2 Å². The van der Waals surface area contributed by atoms with Crippen molar-refractivity contribution in [1.82, 2.24) is 9.97 Å². The molecule has 5 nitrogen and oxygen atoms in total. The number of nitrogens with zero attached hydrogens (tertiary/aromatic N) is 3. The minimum Gasteiger partial charge on any atom is -0.388 e. The molecule has 1 aromatic rings. The smallest absolute Gasteiger partial charge is 0.147 e. The molecule has 2 heterocycles. The lowest BCUT2D eigenvalue weighted by Gasteiger charge is -2.37. The number of anilines is 1. The van der Waals surface area contributed by atoms with Crippen LogP contribution in [0.1, 0.15) is 25.5 Å². The van der Waals surface area contributed by atoms with E-state index in [2.05, 4.69) is 21.8 Å². The molecule has 0 aliphatic carbocycles. The normalized spacial score (nSPS) is 24.0. The van der Waals surface area contributed by atoms with E-state index in [4.69, 9.17) is 22.7 Å². The Bertz CT molecular complexity index is 423. The summed E-state index contributed by atoms with van der Waals surface area (Å²) in [7, 11) is 1.77. The van der Waals surface area contributed by atoms with Crippen LogP contribution in [0.2, 0.25) is 0 Å². The molecular formula is C12H18N4OS. The van der Waals surface area contributed by atoms with Crippen LogP contribution in [0.5, 0.6) is 0 Å². The third-order valence-electron chi connectivity index (χ3n) is 3.35. The first kappa shape index (κ1) is 13.2. The van der Waals surface area contributed by atoms with Gasteiger partial charge in [-0.25, -0.2) is 9.97 Å². The predicted octanol–water partition coefficient (Wildman–Crippen LogP) is 1.11. The Hall–Kier alpha value is -1.27. The van der Waals surface area contributed by atoms with E-state index in [1.807, 2.05) is 0 Å². The van der Waals surface area contributed by atoms with Crippen molar-refractivity contribution in [1.29, 1.82) is 0 Å². The van der Waals surface area contributed by atoms with Crippen molar-refractivity contribution in [2.75, 3.05) is 18.6 Å². The predicted molar refractivity (Wildman–Crippen MR) is 74.8 cm³/mol. The lowest BCUT2D eigenvalue weighted by atomic mass is 10.0. The zero-order valence-electron chi connectivity index (χ0n) is 10.7. The highest BCUT2D eigenvalue weighted by molar-refractivity contribution is 7.80. The van der Waals surface area contributed by atoms with Gasteiger partial charge >= 0.3 is 0 Å². The molecule has 1 saturated heterocycles. The minimum absolute atomic E-state index is 0.278. The molecule has 1 fully saturated rings. The van der Waals surface area contributed by atoms with Crippen molar-refractivity contribution in [2.45, 2.75) is 31.9 Å². The van der Waals surface area contributed by atoms with E-state index in [-0.39, 0.29) is 4.99 Å². The van der Waals surface area contributed by atoms with Crippen molar-refractivity contribution >= 4 is 23.0 Å². The molecule has 2 rings (SSSR count). The summed E-state index contributed by atoms with van der Waals surface area (Å²) >= 11 is 4.86. The second-order valence-corrected chi connectivity index (χ2v) is 4.99. The van der Waals surface area contributed by atoms with Gasteiger partial charge in [-0.1, -0.05) is 12.2 Å². The summed E-state index contributed by atoms with van der Waals surface area (Å²) in [6.45, 7) is 3.11. The van der Waals surface area contributed by atoms with Gasteiger partial charge in [-0.05, 0) is 19.8 Å². The lowest BCUT2D eigenvalue weighted by molar-refractivity contribution is 0.0719. The quantitative estimate of drug-likeness (QED) is 0.827. The lowest BCUT2D eigenvalue weighted by Crippen LogP contribution is -2.43. The van der Waals surface area contributed by atoms with Gasteiger partial charge in [0.25, 0.3) is 0 Å². The zero-order valence-corrected chi connectivity index (χ0v) is 11.5. The number of ether oxygens (including phenoxy) is 1. The monoisotopic (exact) mass is 266 g/mol. The molecular weight excluding hydrogens is 248 g/mol. The molecule has 0 aromatic carbocycles. The largest absolute Gasteiger partial charge is 0.388 e. The van der Waals surface area contributed by atoms with Crippen molar-refractivity contribution in [3.8, 4) is 0 Å². The molecule has 0 radical (unpaired) electrons. The maximum absolute atomic E-state index is 5.50. The first-order chi connectivity index (χ1) is 8.61. The summed E-state index contributed by atoms with van der Waals surface area (Å²) in [5.41, 5.74) is 6.07. The average Bonchev–Trinajstić information content (AvgIpc) is 2.38. The second kappa shape index (κ2) is 5.58. The Morgan fingerprint density at radius 1 is 1.50 bits per heavy atom. The second-order valence-electron chi connectivity index (χ2n) is 4.55. The molecule has 1 aliphatic heterocycles. The van der Waals surface area contributed by atoms with Crippen LogP contribution in [0.15, 0.2) is 12.4 Å². The third kappa shape index (κ3) is 2.76. The molecule has 2 unspecified atom stereocenters. The Morgan fingerprint density at radius 3 is 2.78 bits per heavy atom. The molecule has 0 amide bonds. The maximum Gasteiger partial charge on any atom is 0.147 e. The summed E-state index contributed by atoms with van der Waals surface area (Å²) in [6, 6.07) is 0.397. The zero-order chi connectivity index (χ0) is 13.1. The fourth-order valence-electron chi connectivity index (χ4n) is 2.28. The van der Waals surface area contributed by atoms with Crippen molar-refractivity contribution < 1.29 is 4.74 Å². The van der Waals surface area contributed by atoms with Gasteiger partial charge in [-0.2, -0.15) is 0 Å². The van der Waals surface area contributed by atoms with Crippen LogP contribution < -0.4 is 10.6 Å². The van der Waals surface area contributed by atoms with E-state index >= 15 is 0 Å². The SMILES string of the molecule is COC1CCN(c2cnc(C(N)=S)cn2)C(C)C1. The van der Waals surface area contributed by atoms with Gasteiger partial charge in [0.15, 0.2) is 0 Å². The van der Waals surface area contributed by atoms with E-state index in [0.29, 0.717) is 17.8 Å². The number of hydrogen-bond acceptors (Lipinski definition) is 5. The summed E-state index contributed by atoms with van der Waals surface area (Å²) in [5.74, 6) is 0.872. The van der Waals surface area contributed by atoms with Gasteiger partial charge in [0.1, 0.15) is 16.5 Å². The standard InChI is InChI=1S/C12H18N4OS/c1-8-5-9(17-2)3-4-16(8)11-7-14-10(6-15-11)12(13)18/h6-9H,3-5H2,1-2H3,(H2,13,18). The number of piperidine rings is 1. The van der Waals surface area contributed by atoms with Gasteiger partial charge < -0.3 is 15.4 Å². The van der Waals surface area contributed by atoms with Crippen molar-refractivity contribution in [3.05, 3.63) is 18.1 Å². The molecule has 1 aliphatic rings. The van der Waals surface area contributed by atoms with Crippen LogP contribution in [0.25, 0.3) is 0 Å². The Morgan fingerprint density at radius 2 is 2.28 bits per heavy atom. The molecule has 2 atom stereocenters. The van der Waals surface area contributed by atoms with E-state index in [1.165, 1.54) is 0 Å². The van der Waals surface area contributed by atoms with Gasteiger partial charge in [0, 0.05) is 19.7 Å². The molecule has 0 saturated carbocycles. The Labute approximate surface area is 112 Å². The summed E-state index contributed by atoms with van der Waals surface area (Å²) in [6.07, 6.45) is 5.74. The summed E-state index contributed by atoms with van der Waals surface area (Å²) in [4.78, 5) is 11.1. The molecule has 18 heavy (non-hydrogen) atoms. The van der Waals surface area contributed by atoms with E-state index in [0.717, 1.165) is 25.2 Å². The number of thiocarbonyl (C=S) groups is 1. The Kier molecular flexibility index (Phi) is 4.08. The maximum atomic E-state index is 5.50.